The first-order chi connectivity index (χ1) is 17.9. The zero-order valence-electron chi connectivity index (χ0n) is 24.3. The Labute approximate surface area is 229 Å². The first-order valence-corrected chi connectivity index (χ1v) is 14.3. The molecule has 0 spiro atoms. The molecule has 208 valence electrons. The average Bonchev–Trinajstić information content (AvgIpc) is 2.83. The van der Waals surface area contributed by atoms with Crippen molar-refractivity contribution in [2.24, 2.45) is 23.7 Å². The van der Waals surface area contributed by atoms with Crippen LogP contribution in [0.15, 0.2) is 54.6 Å². The van der Waals surface area contributed by atoms with E-state index in [2.05, 4.69) is 62.5 Å². The van der Waals surface area contributed by atoms with Gasteiger partial charge in [-0.25, -0.2) is 4.79 Å². The second-order valence-corrected chi connectivity index (χ2v) is 12.5. The van der Waals surface area contributed by atoms with E-state index in [9.17, 15) is 9.59 Å². The van der Waals surface area contributed by atoms with E-state index < -0.39 is 11.7 Å². The number of alkyl carbamates (subject to hydrolysis) is 1. The van der Waals surface area contributed by atoms with Crippen molar-refractivity contribution in [3.05, 3.63) is 60.2 Å². The minimum atomic E-state index is -0.597. The zero-order chi connectivity index (χ0) is 27.9. The Balaban J connectivity index is 1.69. The minimum Gasteiger partial charge on any atom is -0.462 e. The molecule has 1 N–H and O–H groups in total. The van der Waals surface area contributed by atoms with Gasteiger partial charge in [0, 0.05) is 6.04 Å². The van der Waals surface area contributed by atoms with Gasteiger partial charge >= 0.3 is 12.1 Å². The summed E-state index contributed by atoms with van der Waals surface area (Å²) < 4.78 is 11.6. The molecule has 1 fully saturated rings. The predicted molar refractivity (Wildman–Crippen MR) is 154 cm³/mol. The van der Waals surface area contributed by atoms with E-state index in [-0.39, 0.29) is 24.0 Å². The highest BCUT2D eigenvalue weighted by atomic mass is 16.6. The van der Waals surface area contributed by atoms with E-state index in [4.69, 9.17) is 9.47 Å². The number of rotatable bonds is 9. The molecule has 0 unspecified atom stereocenters. The first-order valence-electron chi connectivity index (χ1n) is 14.3. The Bertz CT molecular complexity index is 1030. The Morgan fingerprint density at radius 1 is 0.947 bits per heavy atom. The molecule has 2 aromatic rings. The highest BCUT2D eigenvalue weighted by Crippen LogP contribution is 2.36. The van der Waals surface area contributed by atoms with E-state index in [0.717, 1.165) is 29.5 Å². The third-order valence-corrected chi connectivity index (χ3v) is 7.53. The van der Waals surface area contributed by atoms with Crippen LogP contribution in [0.3, 0.4) is 0 Å². The second kappa shape index (κ2) is 13.3. The summed E-state index contributed by atoms with van der Waals surface area (Å²) in [4.78, 5) is 25.9. The fourth-order valence-electron chi connectivity index (χ4n) is 5.45. The van der Waals surface area contributed by atoms with Crippen LogP contribution in [0.2, 0.25) is 0 Å². The van der Waals surface area contributed by atoms with Crippen LogP contribution in [0.1, 0.15) is 79.7 Å². The molecule has 0 saturated heterocycles. The molecule has 0 heterocycles. The molecule has 3 rings (SSSR count). The molecule has 38 heavy (non-hydrogen) atoms. The molecule has 0 aliphatic heterocycles. The van der Waals surface area contributed by atoms with Gasteiger partial charge < -0.3 is 14.8 Å². The summed E-state index contributed by atoms with van der Waals surface area (Å²) in [5.41, 5.74) is 2.80. The Kier molecular flexibility index (Phi) is 10.4. The van der Waals surface area contributed by atoms with Crippen molar-refractivity contribution in [2.45, 2.75) is 98.3 Å². The molecule has 0 radical (unpaired) electrons. The lowest BCUT2D eigenvalue weighted by atomic mass is 9.75. The van der Waals surface area contributed by atoms with E-state index in [1.807, 2.05) is 45.9 Å². The van der Waals surface area contributed by atoms with Crippen LogP contribution in [0.4, 0.5) is 4.79 Å². The Morgan fingerprint density at radius 3 is 2.18 bits per heavy atom. The van der Waals surface area contributed by atoms with E-state index in [1.54, 1.807) is 0 Å². The van der Waals surface area contributed by atoms with Gasteiger partial charge in [0.1, 0.15) is 11.7 Å². The van der Waals surface area contributed by atoms with Gasteiger partial charge in [0.25, 0.3) is 0 Å². The van der Waals surface area contributed by atoms with Crippen molar-refractivity contribution >= 4 is 12.1 Å². The number of carbonyl (C=O) groups is 2. The minimum absolute atomic E-state index is 0.0310. The molecule has 0 aromatic heterocycles. The number of ether oxygens (including phenoxy) is 2. The summed E-state index contributed by atoms with van der Waals surface area (Å²) in [6.45, 7) is 14.1. The molecule has 1 amide bonds. The van der Waals surface area contributed by atoms with Crippen LogP contribution in [0.25, 0.3) is 11.1 Å². The standard InChI is InChI=1S/C33H47NO4/c1-22(2)29-18-13-23(3)19-30(29)37-31(35)24(4)20-28(34-32(36)38-33(5,6)7)21-25-14-16-27(17-15-25)26-11-9-8-10-12-26/h8-12,14-17,22-24,28-30H,13,18-21H2,1-7H3,(H,34,36)/t23-,24+,28-,29+,30-/m1/s1. The normalized spacial score (nSPS) is 21.4. The maximum Gasteiger partial charge on any atom is 0.407 e. The summed E-state index contributed by atoms with van der Waals surface area (Å²) in [6.07, 6.45) is 3.80. The molecular formula is C33H47NO4. The number of esters is 1. The van der Waals surface area contributed by atoms with Crippen LogP contribution in [0.5, 0.6) is 0 Å². The van der Waals surface area contributed by atoms with Crippen molar-refractivity contribution in [3.63, 3.8) is 0 Å². The summed E-state index contributed by atoms with van der Waals surface area (Å²) in [6, 6.07) is 18.4. The van der Waals surface area contributed by atoms with Gasteiger partial charge in [0.2, 0.25) is 0 Å². The molecule has 1 aliphatic rings. The zero-order valence-corrected chi connectivity index (χ0v) is 24.3. The van der Waals surface area contributed by atoms with Crippen molar-refractivity contribution < 1.29 is 19.1 Å². The van der Waals surface area contributed by atoms with Crippen LogP contribution in [0, 0.1) is 23.7 Å². The molecule has 5 atom stereocenters. The quantitative estimate of drug-likeness (QED) is 0.342. The maximum absolute atomic E-state index is 13.2. The topological polar surface area (TPSA) is 64.6 Å². The summed E-state index contributed by atoms with van der Waals surface area (Å²) in [5.74, 6) is 0.935. The molecular weight excluding hydrogens is 474 g/mol. The number of hydrogen-bond acceptors (Lipinski definition) is 4. The third kappa shape index (κ3) is 9.18. The van der Waals surface area contributed by atoms with Gasteiger partial charge in [0.15, 0.2) is 0 Å². The molecule has 5 heteroatoms. The molecule has 1 aliphatic carbocycles. The highest BCUT2D eigenvalue weighted by Gasteiger charge is 2.35. The smallest absolute Gasteiger partial charge is 0.407 e. The Morgan fingerprint density at radius 2 is 1.58 bits per heavy atom. The van der Waals surface area contributed by atoms with Gasteiger partial charge in [0.05, 0.1) is 5.92 Å². The summed E-state index contributed by atoms with van der Waals surface area (Å²) >= 11 is 0. The fraction of sp³-hybridized carbons (Fsp3) is 0.576. The molecule has 1 saturated carbocycles. The van der Waals surface area contributed by atoms with Crippen molar-refractivity contribution in [3.8, 4) is 11.1 Å². The van der Waals surface area contributed by atoms with Gasteiger partial charge in [-0.3, -0.25) is 4.79 Å². The van der Waals surface area contributed by atoms with Gasteiger partial charge in [-0.1, -0.05) is 88.7 Å². The lowest BCUT2D eigenvalue weighted by molar-refractivity contribution is -0.160. The maximum atomic E-state index is 13.2. The lowest BCUT2D eigenvalue weighted by Crippen LogP contribution is -2.42. The van der Waals surface area contributed by atoms with E-state index >= 15 is 0 Å². The van der Waals surface area contributed by atoms with Crippen LogP contribution >= 0.6 is 0 Å². The fourth-order valence-corrected chi connectivity index (χ4v) is 5.45. The number of carbonyl (C=O) groups excluding carboxylic acids is 2. The lowest BCUT2D eigenvalue weighted by Gasteiger charge is -2.37. The predicted octanol–water partition coefficient (Wildman–Crippen LogP) is 7.82. The van der Waals surface area contributed by atoms with Gasteiger partial charge in [-0.05, 0) is 80.9 Å². The van der Waals surface area contributed by atoms with Crippen molar-refractivity contribution in [1.29, 1.82) is 0 Å². The second-order valence-electron chi connectivity index (χ2n) is 12.5. The van der Waals surface area contributed by atoms with Gasteiger partial charge in [-0.2, -0.15) is 0 Å². The monoisotopic (exact) mass is 521 g/mol. The van der Waals surface area contributed by atoms with Crippen LogP contribution in [-0.4, -0.2) is 29.8 Å². The first kappa shape index (κ1) is 29.7. The molecule has 0 bridgehead atoms. The van der Waals surface area contributed by atoms with Crippen LogP contribution < -0.4 is 5.32 Å². The van der Waals surface area contributed by atoms with Crippen molar-refractivity contribution in [1.82, 2.24) is 5.32 Å². The van der Waals surface area contributed by atoms with E-state index in [0.29, 0.717) is 30.6 Å². The van der Waals surface area contributed by atoms with E-state index in [1.165, 1.54) is 6.42 Å². The van der Waals surface area contributed by atoms with Gasteiger partial charge in [-0.15, -0.1) is 0 Å². The molecule has 5 nitrogen and oxygen atoms in total. The third-order valence-electron chi connectivity index (χ3n) is 7.53. The Hall–Kier alpha value is -2.82. The molecule has 2 aromatic carbocycles. The highest BCUT2D eigenvalue weighted by molar-refractivity contribution is 5.73. The number of benzene rings is 2. The summed E-state index contributed by atoms with van der Waals surface area (Å²) in [7, 11) is 0. The van der Waals surface area contributed by atoms with Crippen LogP contribution in [-0.2, 0) is 20.7 Å². The SMILES string of the molecule is CC(C)[C@@H]1CC[C@@H](C)C[C@H]1OC(=O)[C@@H](C)C[C@H](Cc1ccc(-c2ccccc2)cc1)NC(=O)OC(C)(C)C. The number of hydrogen-bond donors (Lipinski definition) is 1. The average molecular weight is 522 g/mol. The summed E-state index contributed by atoms with van der Waals surface area (Å²) in [5, 5.41) is 3.02. The van der Waals surface area contributed by atoms with Crippen molar-refractivity contribution in [2.75, 3.05) is 0 Å². The largest absolute Gasteiger partial charge is 0.462 e. The number of nitrogens with one attached hydrogen (secondary N) is 1. The number of amides is 1.